The summed E-state index contributed by atoms with van der Waals surface area (Å²) in [5, 5.41) is 0. The van der Waals surface area contributed by atoms with E-state index in [2.05, 4.69) is 33.1 Å². The monoisotopic (exact) mass is 173 g/mol. The van der Waals surface area contributed by atoms with Crippen molar-refractivity contribution in [3.8, 4) is 0 Å². The van der Waals surface area contributed by atoms with E-state index in [9.17, 15) is 0 Å². The van der Waals surface area contributed by atoms with Gasteiger partial charge < -0.3 is 0 Å². The Morgan fingerprint density at radius 2 is 1.70 bits per heavy atom. The van der Waals surface area contributed by atoms with Crippen molar-refractivity contribution in [1.82, 2.24) is 0 Å². The van der Waals surface area contributed by atoms with E-state index in [1.807, 2.05) is 0 Å². The molecule has 0 nitrogen and oxygen atoms in total. The van der Waals surface area contributed by atoms with Crippen LogP contribution in [0.1, 0.15) is 19.8 Å². The molecule has 0 bridgehead atoms. The lowest BCUT2D eigenvalue weighted by atomic mass is 10.4. The minimum Gasteiger partial charge on any atom is -0.0731 e. The van der Waals surface area contributed by atoms with Crippen LogP contribution >= 0.6 is 0 Å². The average Bonchev–Trinajstić information content (AvgIpc) is 1.80. The predicted molar refractivity (Wildman–Crippen MR) is 54.7 cm³/mol. The molecule has 0 atom stereocenters. The van der Waals surface area contributed by atoms with Crippen LogP contribution in [0.3, 0.4) is 0 Å². The summed E-state index contributed by atoms with van der Waals surface area (Å²) >= 11 is 0. The van der Waals surface area contributed by atoms with Gasteiger partial charge in [-0.15, -0.1) is 0 Å². The van der Waals surface area contributed by atoms with Crippen LogP contribution in [-0.4, -0.2) is 15.9 Å². The zero-order valence-corrected chi connectivity index (χ0v) is 10.1. The van der Waals surface area contributed by atoms with E-state index >= 15 is 0 Å². The second kappa shape index (κ2) is 4.34. The third-order valence-electron chi connectivity index (χ3n) is 2.19. The van der Waals surface area contributed by atoms with Crippen molar-refractivity contribution >= 4 is 15.9 Å². The summed E-state index contributed by atoms with van der Waals surface area (Å²) < 4.78 is 0. The van der Waals surface area contributed by atoms with Crippen LogP contribution in [0.2, 0.25) is 32.2 Å². The number of unbranched alkanes of at least 4 members (excludes halogenated alkanes) is 1. The molecule has 0 spiro atoms. The highest BCUT2D eigenvalue weighted by atomic mass is 29.2. The van der Waals surface area contributed by atoms with Gasteiger partial charge in [0.25, 0.3) is 0 Å². The Kier molecular flexibility index (Phi) is 4.53. The molecule has 0 aromatic carbocycles. The molecule has 0 fully saturated rings. The number of rotatable bonds is 4. The smallest absolute Gasteiger partial charge is 0.0367 e. The minimum atomic E-state index is -0.696. The van der Waals surface area contributed by atoms with Crippen LogP contribution < -0.4 is 0 Å². The molecule has 0 N–H and O–H groups in total. The van der Waals surface area contributed by atoms with Crippen molar-refractivity contribution in [1.29, 1.82) is 0 Å². The molecule has 0 unspecified atom stereocenters. The lowest BCUT2D eigenvalue weighted by Crippen LogP contribution is -2.39. The summed E-state index contributed by atoms with van der Waals surface area (Å²) in [7, 11) is -0.625. The second-order valence-electron chi connectivity index (χ2n) is 4.13. The Bertz CT molecular complexity index is 83.7. The van der Waals surface area contributed by atoms with Gasteiger partial charge in [0.05, 0.1) is 0 Å². The van der Waals surface area contributed by atoms with Gasteiger partial charge in [0, 0.05) is 15.9 Å². The molecule has 0 aromatic rings. The fourth-order valence-electron chi connectivity index (χ4n) is 0.817. The molecule has 10 heavy (non-hydrogen) atoms. The first-order chi connectivity index (χ1) is 4.48. The van der Waals surface area contributed by atoms with E-state index in [1.54, 1.807) is 6.04 Å². The molecular weight excluding hydrogens is 152 g/mol. The fourth-order valence-corrected chi connectivity index (χ4v) is 5.23. The highest BCUT2D eigenvalue weighted by Crippen LogP contribution is 2.12. The van der Waals surface area contributed by atoms with Crippen LogP contribution in [0.25, 0.3) is 0 Å². The van der Waals surface area contributed by atoms with Crippen LogP contribution in [0.15, 0.2) is 0 Å². The lowest BCUT2D eigenvalue weighted by molar-refractivity contribution is 0.877. The molecule has 1 radical (unpaired) electrons. The SMILES string of the molecule is CCCC[Si](C)[Si](C)(C)C. The Morgan fingerprint density at radius 1 is 1.20 bits per heavy atom. The maximum atomic E-state index is 2.52. The van der Waals surface area contributed by atoms with Crippen molar-refractivity contribution in [2.45, 2.75) is 52.0 Å². The van der Waals surface area contributed by atoms with Gasteiger partial charge in [0.15, 0.2) is 0 Å². The van der Waals surface area contributed by atoms with E-state index in [4.69, 9.17) is 0 Å². The van der Waals surface area contributed by atoms with Crippen molar-refractivity contribution in [2.24, 2.45) is 0 Å². The third-order valence-corrected chi connectivity index (χ3v) is 14.3. The Labute approximate surface area is 68.4 Å². The standard InChI is InChI=1S/C8H21Si2/c1-6-7-8-9(2)10(3,4)5/h6-8H2,1-5H3. The zero-order chi connectivity index (χ0) is 8.20. The molecule has 0 aromatic heterocycles. The van der Waals surface area contributed by atoms with E-state index in [-0.39, 0.29) is 8.31 Å². The molecule has 0 amide bonds. The topological polar surface area (TPSA) is 0 Å². The first kappa shape index (κ1) is 10.4. The molecule has 0 aliphatic carbocycles. The number of hydrogen-bond acceptors (Lipinski definition) is 0. The van der Waals surface area contributed by atoms with E-state index in [1.165, 1.54) is 12.8 Å². The fraction of sp³-hybridized carbons (Fsp3) is 1.00. The first-order valence-corrected chi connectivity index (χ1v) is 11.0. The highest BCUT2D eigenvalue weighted by molar-refractivity contribution is 7.31. The molecule has 61 valence electrons. The van der Waals surface area contributed by atoms with Crippen LogP contribution in [0.4, 0.5) is 0 Å². The summed E-state index contributed by atoms with van der Waals surface area (Å²) in [6, 6.07) is 1.55. The van der Waals surface area contributed by atoms with Crippen molar-refractivity contribution in [3.05, 3.63) is 0 Å². The van der Waals surface area contributed by atoms with E-state index < -0.39 is 7.59 Å². The molecule has 0 saturated heterocycles. The largest absolute Gasteiger partial charge is 0.0731 e. The Hall–Kier alpha value is 0.434. The Morgan fingerprint density at radius 3 is 2.00 bits per heavy atom. The molecule has 0 heterocycles. The first-order valence-electron chi connectivity index (χ1n) is 4.31. The predicted octanol–water partition coefficient (Wildman–Crippen LogP) is 3.33. The maximum Gasteiger partial charge on any atom is 0.0367 e. The third kappa shape index (κ3) is 4.28. The van der Waals surface area contributed by atoms with Gasteiger partial charge in [-0.2, -0.15) is 0 Å². The van der Waals surface area contributed by atoms with Crippen LogP contribution in [0, 0.1) is 0 Å². The molecule has 0 aliphatic rings. The van der Waals surface area contributed by atoms with Gasteiger partial charge in [0.2, 0.25) is 0 Å². The van der Waals surface area contributed by atoms with Gasteiger partial charge in [-0.1, -0.05) is 52.0 Å². The summed E-state index contributed by atoms with van der Waals surface area (Å²) in [6.45, 7) is 12.3. The van der Waals surface area contributed by atoms with Gasteiger partial charge >= 0.3 is 0 Å². The van der Waals surface area contributed by atoms with Gasteiger partial charge in [-0.3, -0.25) is 0 Å². The van der Waals surface area contributed by atoms with E-state index in [0.717, 1.165) is 0 Å². The van der Waals surface area contributed by atoms with Crippen molar-refractivity contribution in [2.75, 3.05) is 0 Å². The minimum absolute atomic E-state index is 0.0711. The maximum absolute atomic E-state index is 2.52. The quantitative estimate of drug-likeness (QED) is 0.572. The normalized spacial score (nSPS) is 12.6. The van der Waals surface area contributed by atoms with Crippen molar-refractivity contribution in [3.63, 3.8) is 0 Å². The number of hydrogen-bond donors (Lipinski definition) is 0. The van der Waals surface area contributed by atoms with Crippen molar-refractivity contribution < 1.29 is 0 Å². The van der Waals surface area contributed by atoms with Gasteiger partial charge in [0.1, 0.15) is 0 Å². The highest BCUT2D eigenvalue weighted by Gasteiger charge is 2.22. The molecule has 0 aliphatic heterocycles. The summed E-state index contributed by atoms with van der Waals surface area (Å²) in [5.41, 5.74) is 0. The molecular formula is C8H21Si2. The van der Waals surface area contributed by atoms with Gasteiger partial charge in [-0.05, 0) is 0 Å². The summed E-state index contributed by atoms with van der Waals surface area (Å²) in [4.78, 5) is 0. The summed E-state index contributed by atoms with van der Waals surface area (Å²) in [5.74, 6) is 0. The summed E-state index contributed by atoms with van der Waals surface area (Å²) in [6.07, 6.45) is 2.85. The molecule has 0 saturated carbocycles. The van der Waals surface area contributed by atoms with Gasteiger partial charge in [-0.25, -0.2) is 0 Å². The lowest BCUT2D eigenvalue weighted by Gasteiger charge is -2.23. The second-order valence-corrected chi connectivity index (χ2v) is 17.8. The van der Waals surface area contributed by atoms with E-state index in [0.29, 0.717) is 0 Å². The van der Waals surface area contributed by atoms with Crippen LogP contribution in [0.5, 0.6) is 0 Å². The zero-order valence-electron chi connectivity index (χ0n) is 8.12. The average molecular weight is 173 g/mol. The molecule has 0 rings (SSSR count). The van der Waals surface area contributed by atoms with Crippen LogP contribution in [-0.2, 0) is 0 Å². The molecule has 2 heteroatoms. The Balaban J connectivity index is 3.52.